The molecule has 2 nitrogen and oxygen atoms in total. The van der Waals surface area contributed by atoms with Crippen LogP contribution >= 0.6 is 27.7 Å². The number of hydrogen-bond donors (Lipinski definition) is 1. The van der Waals surface area contributed by atoms with Gasteiger partial charge in [0.1, 0.15) is 5.03 Å². The lowest BCUT2D eigenvalue weighted by Gasteiger charge is -2.08. The summed E-state index contributed by atoms with van der Waals surface area (Å²) in [7, 11) is 0. The van der Waals surface area contributed by atoms with Crippen molar-refractivity contribution < 1.29 is 0 Å². The van der Waals surface area contributed by atoms with Crippen LogP contribution < -0.4 is 5.32 Å². The number of nitrogens with zero attached hydrogens (tertiary/aromatic N) is 1. The monoisotopic (exact) mass is 350 g/mol. The Morgan fingerprint density at radius 3 is 2.85 bits per heavy atom. The minimum absolute atomic E-state index is 0.892. The summed E-state index contributed by atoms with van der Waals surface area (Å²) >= 11 is 5.20. The Morgan fingerprint density at radius 2 is 2.15 bits per heavy atom. The predicted molar refractivity (Wildman–Crippen MR) is 89.2 cm³/mol. The van der Waals surface area contributed by atoms with Gasteiger partial charge in [-0.1, -0.05) is 46.7 Å². The molecular formula is C16H19BrN2S. The van der Waals surface area contributed by atoms with Gasteiger partial charge in [-0.25, -0.2) is 4.98 Å². The fourth-order valence-electron chi connectivity index (χ4n) is 1.88. The average Bonchev–Trinajstić information content (AvgIpc) is 2.42. The second-order valence-corrected chi connectivity index (χ2v) is 6.68. The molecule has 0 radical (unpaired) electrons. The largest absolute Gasteiger partial charge is 0.313 e. The first kappa shape index (κ1) is 15.5. The minimum atomic E-state index is 0.892. The molecule has 0 unspecified atom stereocenters. The van der Waals surface area contributed by atoms with E-state index in [1.54, 1.807) is 11.8 Å². The quantitative estimate of drug-likeness (QED) is 0.757. The zero-order valence-corrected chi connectivity index (χ0v) is 14.2. The van der Waals surface area contributed by atoms with Gasteiger partial charge in [-0.15, -0.1) is 0 Å². The van der Waals surface area contributed by atoms with Crippen molar-refractivity contribution in [2.24, 2.45) is 0 Å². The zero-order chi connectivity index (χ0) is 14.4. The van der Waals surface area contributed by atoms with E-state index >= 15 is 0 Å². The highest BCUT2D eigenvalue weighted by molar-refractivity contribution is 9.10. The van der Waals surface area contributed by atoms with E-state index in [0.29, 0.717) is 0 Å². The summed E-state index contributed by atoms with van der Waals surface area (Å²) in [5.74, 6) is 0. The maximum absolute atomic E-state index is 4.59. The summed E-state index contributed by atoms with van der Waals surface area (Å²) in [6.45, 7) is 6.24. The van der Waals surface area contributed by atoms with Crippen molar-refractivity contribution >= 4 is 27.7 Å². The van der Waals surface area contributed by atoms with E-state index in [-0.39, 0.29) is 0 Å². The fraction of sp³-hybridized carbons (Fsp3) is 0.312. The molecule has 1 heterocycles. The summed E-state index contributed by atoms with van der Waals surface area (Å²) in [5.41, 5.74) is 2.47. The lowest BCUT2D eigenvalue weighted by atomic mass is 10.2. The lowest BCUT2D eigenvalue weighted by Crippen LogP contribution is -2.14. The van der Waals surface area contributed by atoms with Crippen LogP contribution in [0.15, 0.2) is 50.9 Å². The van der Waals surface area contributed by atoms with E-state index < -0.39 is 0 Å². The Hall–Kier alpha value is -0.840. The highest BCUT2D eigenvalue weighted by atomic mass is 79.9. The van der Waals surface area contributed by atoms with Crippen LogP contribution in [0.3, 0.4) is 0 Å². The van der Waals surface area contributed by atoms with Gasteiger partial charge in [-0.05, 0) is 49.2 Å². The third kappa shape index (κ3) is 4.62. The summed E-state index contributed by atoms with van der Waals surface area (Å²) in [6.07, 6.45) is 3.12. The molecule has 20 heavy (non-hydrogen) atoms. The van der Waals surface area contributed by atoms with Crippen molar-refractivity contribution in [3.8, 4) is 0 Å². The van der Waals surface area contributed by atoms with Crippen LogP contribution in [0.1, 0.15) is 24.5 Å². The second kappa shape index (κ2) is 7.81. The highest BCUT2D eigenvalue weighted by Crippen LogP contribution is 2.30. The third-order valence-corrected chi connectivity index (χ3v) is 4.46. The van der Waals surface area contributed by atoms with Crippen molar-refractivity contribution in [2.75, 3.05) is 6.54 Å². The number of halogens is 1. The molecule has 0 fully saturated rings. The molecule has 0 atom stereocenters. The van der Waals surface area contributed by atoms with E-state index in [1.165, 1.54) is 16.0 Å². The second-order valence-electron chi connectivity index (χ2n) is 4.70. The molecular weight excluding hydrogens is 332 g/mol. The van der Waals surface area contributed by atoms with Crippen molar-refractivity contribution in [1.29, 1.82) is 0 Å². The van der Waals surface area contributed by atoms with Gasteiger partial charge in [-0.2, -0.15) is 0 Å². The molecule has 0 amide bonds. The van der Waals surface area contributed by atoms with Crippen LogP contribution in [-0.2, 0) is 6.54 Å². The Bertz CT molecular complexity index is 572. The molecule has 4 heteroatoms. The molecule has 1 aromatic carbocycles. The molecule has 0 saturated carbocycles. The number of aryl methyl sites for hydroxylation is 1. The van der Waals surface area contributed by atoms with E-state index in [2.05, 4.69) is 58.3 Å². The predicted octanol–water partition coefficient (Wildman–Crippen LogP) is 4.80. The van der Waals surface area contributed by atoms with E-state index in [0.717, 1.165) is 29.0 Å². The van der Waals surface area contributed by atoms with Crippen molar-refractivity contribution in [2.45, 2.75) is 36.7 Å². The molecule has 2 aromatic rings. The maximum Gasteiger partial charge on any atom is 0.104 e. The Labute approximate surface area is 133 Å². The van der Waals surface area contributed by atoms with Gasteiger partial charge in [0.05, 0.1) is 0 Å². The fourth-order valence-corrected chi connectivity index (χ4v) is 3.31. The molecule has 0 saturated heterocycles. The Kier molecular flexibility index (Phi) is 6.07. The summed E-state index contributed by atoms with van der Waals surface area (Å²) in [5, 5.41) is 4.47. The van der Waals surface area contributed by atoms with Gasteiger partial charge in [0.25, 0.3) is 0 Å². The standard InChI is InChI=1S/C16H19BrN2S/c1-3-7-18-10-13-8-12(2)16(19-11-13)20-15-6-4-5-14(17)9-15/h4-6,8-9,11,18H,3,7,10H2,1-2H3. The topological polar surface area (TPSA) is 24.9 Å². The van der Waals surface area contributed by atoms with Gasteiger partial charge in [-0.3, -0.25) is 0 Å². The van der Waals surface area contributed by atoms with E-state index in [1.807, 2.05) is 18.3 Å². The first-order chi connectivity index (χ1) is 9.69. The smallest absolute Gasteiger partial charge is 0.104 e. The maximum atomic E-state index is 4.59. The van der Waals surface area contributed by atoms with E-state index in [9.17, 15) is 0 Å². The van der Waals surface area contributed by atoms with Crippen LogP contribution in [0.5, 0.6) is 0 Å². The number of rotatable bonds is 6. The van der Waals surface area contributed by atoms with Gasteiger partial charge >= 0.3 is 0 Å². The Balaban J connectivity index is 2.06. The van der Waals surface area contributed by atoms with Crippen LogP contribution in [0, 0.1) is 6.92 Å². The Morgan fingerprint density at radius 1 is 1.30 bits per heavy atom. The number of pyridine rings is 1. The molecule has 106 valence electrons. The molecule has 0 aliphatic carbocycles. The van der Waals surface area contributed by atoms with Gasteiger partial charge in [0.2, 0.25) is 0 Å². The van der Waals surface area contributed by atoms with E-state index in [4.69, 9.17) is 0 Å². The number of aromatic nitrogens is 1. The minimum Gasteiger partial charge on any atom is -0.313 e. The van der Waals surface area contributed by atoms with Crippen LogP contribution in [0.4, 0.5) is 0 Å². The molecule has 1 aromatic heterocycles. The number of benzene rings is 1. The van der Waals surface area contributed by atoms with Crippen LogP contribution in [-0.4, -0.2) is 11.5 Å². The molecule has 2 rings (SSSR count). The van der Waals surface area contributed by atoms with Crippen LogP contribution in [0.25, 0.3) is 0 Å². The van der Waals surface area contributed by atoms with Gasteiger partial charge < -0.3 is 5.32 Å². The number of hydrogen-bond acceptors (Lipinski definition) is 3. The lowest BCUT2D eigenvalue weighted by molar-refractivity contribution is 0.672. The van der Waals surface area contributed by atoms with Crippen molar-refractivity contribution in [1.82, 2.24) is 10.3 Å². The molecule has 0 aliphatic heterocycles. The van der Waals surface area contributed by atoms with Gasteiger partial charge in [0.15, 0.2) is 0 Å². The summed E-state index contributed by atoms with van der Waals surface area (Å²) < 4.78 is 1.10. The highest BCUT2D eigenvalue weighted by Gasteiger charge is 2.05. The molecule has 0 bridgehead atoms. The number of nitrogens with one attached hydrogen (secondary N) is 1. The molecule has 1 N–H and O–H groups in total. The first-order valence-electron chi connectivity index (χ1n) is 6.78. The molecule has 0 aliphatic rings. The summed E-state index contributed by atoms with van der Waals surface area (Å²) in [4.78, 5) is 5.79. The normalized spacial score (nSPS) is 10.8. The summed E-state index contributed by atoms with van der Waals surface area (Å²) in [6, 6.07) is 10.5. The van der Waals surface area contributed by atoms with Crippen molar-refractivity contribution in [3.05, 3.63) is 52.1 Å². The van der Waals surface area contributed by atoms with Gasteiger partial charge in [0, 0.05) is 22.1 Å². The van der Waals surface area contributed by atoms with Crippen LogP contribution in [0.2, 0.25) is 0 Å². The average molecular weight is 351 g/mol. The first-order valence-corrected chi connectivity index (χ1v) is 8.39. The third-order valence-electron chi connectivity index (χ3n) is 2.85. The van der Waals surface area contributed by atoms with Crippen molar-refractivity contribution in [3.63, 3.8) is 0 Å². The SMILES string of the molecule is CCCNCc1cnc(Sc2cccc(Br)c2)c(C)c1. The molecule has 0 spiro atoms. The zero-order valence-electron chi connectivity index (χ0n) is 11.8.